The molecule has 1 saturated heterocycles. The van der Waals surface area contributed by atoms with Gasteiger partial charge in [-0.2, -0.15) is 0 Å². The van der Waals surface area contributed by atoms with Crippen LogP contribution in [-0.4, -0.2) is 41.7 Å². The monoisotopic (exact) mass is 384 g/mol. The topological polar surface area (TPSA) is 45.6 Å². The van der Waals surface area contributed by atoms with E-state index >= 15 is 0 Å². The summed E-state index contributed by atoms with van der Waals surface area (Å²) in [5.74, 6) is 1.36. The summed E-state index contributed by atoms with van der Waals surface area (Å²) in [6.07, 6.45) is 11.3. The predicted molar refractivity (Wildman–Crippen MR) is 116 cm³/mol. The van der Waals surface area contributed by atoms with Crippen molar-refractivity contribution in [3.05, 3.63) is 36.0 Å². The van der Waals surface area contributed by atoms with Crippen LogP contribution >= 0.6 is 0 Å². The van der Waals surface area contributed by atoms with Crippen LogP contribution in [0, 0.1) is 5.92 Å². The number of hydrogen-bond acceptors (Lipinski definition) is 4. The fraction of sp³-hybridized carbons (Fsp3) is 0.625. The molecule has 1 fully saturated rings. The summed E-state index contributed by atoms with van der Waals surface area (Å²) < 4.78 is 5.43. The summed E-state index contributed by atoms with van der Waals surface area (Å²) in [5.41, 5.74) is 1.81. The van der Waals surface area contributed by atoms with Gasteiger partial charge in [-0.3, -0.25) is 4.98 Å². The third kappa shape index (κ3) is 5.45. The van der Waals surface area contributed by atoms with Crippen LogP contribution in [0.2, 0.25) is 0 Å². The lowest BCUT2D eigenvalue weighted by molar-refractivity contribution is 0.108. The number of hydrogen-bond donors (Lipinski definition) is 1. The zero-order valence-electron chi connectivity index (χ0n) is 17.6. The Hall–Kier alpha value is -1.65. The summed E-state index contributed by atoms with van der Waals surface area (Å²) in [7, 11) is 1.66. The van der Waals surface area contributed by atoms with Gasteiger partial charge in [-0.05, 0) is 68.9 Å². The van der Waals surface area contributed by atoms with Gasteiger partial charge in [0.25, 0.3) is 0 Å². The number of rotatable bonds is 10. The first-order valence-electron chi connectivity index (χ1n) is 11.0. The van der Waals surface area contributed by atoms with E-state index in [0.29, 0.717) is 5.92 Å². The molecule has 0 bridgehead atoms. The molecule has 0 aliphatic carbocycles. The molecule has 1 atom stereocenters. The molecule has 4 nitrogen and oxygen atoms in total. The molecule has 28 heavy (non-hydrogen) atoms. The van der Waals surface area contributed by atoms with Crippen LogP contribution in [0.15, 0.2) is 30.5 Å². The van der Waals surface area contributed by atoms with Crippen molar-refractivity contribution in [2.24, 2.45) is 5.92 Å². The summed E-state index contributed by atoms with van der Waals surface area (Å²) in [6.45, 7) is 5.87. The maximum Gasteiger partial charge on any atom is 0.145 e. The van der Waals surface area contributed by atoms with Gasteiger partial charge in [0.15, 0.2) is 0 Å². The minimum Gasteiger partial charge on any atom is -0.494 e. The Morgan fingerprint density at radius 1 is 1.14 bits per heavy atom. The molecule has 1 aliphatic rings. The van der Waals surface area contributed by atoms with Crippen LogP contribution in [0.5, 0.6) is 5.75 Å². The first-order valence-corrected chi connectivity index (χ1v) is 11.0. The van der Waals surface area contributed by atoms with E-state index in [9.17, 15) is 5.11 Å². The number of methoxy groups -OCH3 is 1. The van der Waals surface area contributed by atoms with Gasteiger partial charge in [-0.25, -0.2) is 0 Å². The summed E-state index contributed by atoms with van der Waals surface area (Å²) >= 11 is 0. The molecule has 0 spiro atoms. The van der Waals surface area contributed by atoms with E-state index in [0.717, 1.165) is 28.6 Å². The first-order chi connectivity index (χ1) is 13.7. The van der Waals surface area contributed by atoms with Crippen molar-refractivity contribution in [2.75, 3.05) is 26.7 Å². The van der Waals surface area contributed by atoms with Gasteiger partial charge in [0.05, 0.1) is 13.2 Å². The second kappa shape index (κ2) is 10.8. The number of para-hydroxylation sites is 1. The molecule has 2 aromatic rings. The molecular weight excluding hydrogens is 348 g/mol. The average Bonchev–Trinajstić information content (AvgIpc) is 2.73. The Morgan fingerprint density at radius 3 is 2.68 bits per heavy atom. The molecule has 154 valence electrons. The molecule has 0 saturated carbocycles. The summed E-state index contributed by atoms with van der Waals surface area (Å²) in [4.78, 5) is 7.07. The van der Waals surface area contributed by atoms with Crippen molar-refractivity contribution in [1.29, 1.82) is 0 Å². The SMILES string of the molecule is CCCCCCCN1CCC(C[C@H](O)c2ccnc3c(OC)cccc23)CC1. The van der Waals surface area contributed by atoms with Crippen LogP contribution in [0.25, 0.3) is 10.9 Å². The smallest absolute Gasteiger partial charge is 0.145 e. The van der Waals surface area contributed by atoms with Crippen LogP contribution < -0.4 is 4.74 Å². The van der Waals surface area contributed by atoms with Crippen molar-refractivity contribution in [1.82, 2.24) is 9.88 Å². The quantitative estimate of drug-likeness (QED) is 0.561. The lowest BCUT2D eigenvalue weighted by Gasteiger charge is -2.33. The van der Waals surface area contributed by atoms with Crippen molar-refractivity contribution in [3.63, 3.8) is 0 Å². The van der Waals surface area contributed by atoms with E-state index < -0.39 is 6.10 Å². The van der Waals surface area contributed by atoms with E-state index in [4.69, 9.17) is 4.74 Å². The van der Waals surface area contributed by atoms with Crippen molar-refractivity contribution >= 4 is 10.9 Å². The normalized spacial score (nSPS) is 17.1. The van der Waals surface area contributed by atoms with Crippen molar-refractivity contribution < 1.29 is 9.84 Å². The lowest BCUT2D eigenvalue weighted by Crippen LogP contribution is -2.34. The van der Waals surface area contributed by atoms with E-state index in [1.165, 1.54) is 64.6 Å². The fourth-order valence-corrected chi connectivity index (χ4v) is 4.45. The van der Waals surface area contributed by atoms with E-state index in [1.54, 1.807) is 13.3 Å². The van der Waals surface area contributed by atoms with Gasteiger partial charge < -0.3 is 14.7 Å². The lowest BCUT2D eigenvalue weighted by atomic mass is 9.88. The number of aromatic nitrogens is 1. The molecule has 0 amide bonds. The van der Waals surface area contributed by atoms with Gasteiger partial charge in [-0.15, -0.1) is 0 Å². The highest BCUT2D eigenvalue weighted by Crippen LogP contribution is 2.33. The van der Waals surface area contributed by atoms with Gasteiger partial charge in [0, 0.05) is 11.6 Å². The molecular formula is C24H36N2O2. The number of benzene rings is 1. The number of piperidine rings is 1. The largest absolute Gasteiger partial charge is 0.494 e. The first kappa shape index (κ1) is 21.1. The number of nitrogens with zero attached hydrogens (tertiary/aromatic N) is 2. The molecule has 1 N–H and O–H groups in total. The van der Waals surface area contributed by atoms with E-state index in [-0.39, 0.29) is 0 Å². The highest BCUT2D eigenvalue weighted by atomic mass is 16.5. The van der Waals surface area contributed by atoms with Crippen molar-refractivity contribution in [3.8, 4) is 5.75 Å². The average molecular weight is 385 g/mol. The number of fused-ring (bicyclic) bond motifs is 1. The maximum absolute atomic E-state index is 10.9. The maximum atomic E-state index is 10.9. The minimum atomic E-state index is -0.441. The molecule has 0 unspecified atom stereocenters. The molecule has 1 aromatic carbocycles. The van der Waals surface area contributed by atoms with Crippen LogP contribution in [-0.2, 0) is 0 Å². The van der Waals surface area contributed by atoms with E-state index in [2.05, 4.69) is 16.8 Å². The Kier molecular flexibility index (Phi) is 8.11. The number of unbranched alkanes of at least 4 members (excludes halogenated alkanes) is 4. The standard InChI is InChI=1S/C24H36N2O2/c1-3-4-5-6-7-15-26-16-12-19(13-17-26)18-22(27)20-11-14-25-24-21(20)9-8-10-23(24)28-2/h8-11,14,19,22,27H,3-7,12-13,15-18H2,1-2H3/t22-/m0/s1. The molecule has 2 heterocycles. The van der Waals surface area contributed by atoms with Crippen LogP contribution in [0.1, 0.15) is 70.0 Å². The van der Waals surface area contributed by atoms with Crippen molar-refractivity contribution in [2.45, 2.75) is 64.4 Å². The zero-order valence-corrected chi connectivity index (χ0v) is 17.6. The molecule has 0 radical (unpaired) electrons. The van der Waals surface area contributed by atoms with Gasteiger partial charge in [0.2, 0.25) is 0 Å². The van der Waals surface area contributed by atoms with Crippen LogP contribution in [0.3, 0.4) is 0 Å². The van der Waals surface area contributed by atoms with E-state index in [1.807, 2.05) is 24.3 Å². The number of pyridine rings is 1. The third-order valence-corrected chi connectivity index (χ3v) is 6.19. The second-order valence-corrected chi connectivity index (χ2v) is 8.21. The zero-order chi connectivity index (χ0) is 19.8. The van der Waals surface area contributed by atoms with Crippen LogP contribution in [0.4, 0.5) is 0 Å². The molecule has 1 aliphatic heterocycles. The summed E-state index contributed by atoms with van der Waals surface area (Å²) in [5, 5.41) is 11.9. The second-order valence-electron chi connectivity index (χ2n) is 8.21. The third-order valence-electron chi connectivity index (χ3n) is 6.19. The molecule has 3 rings (SSSR count). The number of likely N-dealkylation sites (tertiary alicyclic amines) is 1. The number of ether oxygens (including phenoxy) is 1. The molecule has 4 heteroatoms. The highest BCUT2D eigenvalue weighted by molar-refractivity contribution is 5.87. The van der Waals surface area contributed by atoms with Gasteiger partial charge in [0.1, 0.15) is 11.3 Å². The number of aliphatic hydroxyl groups is 1. The highest BCUT2D eigenvalue weighted by Gasteiger charge is 2.23. The minimum absolute atomic E-state index is 0.441. The molecule has 1 aromatic heterocycles. The Balaban J connectivity index is 1.51. The number of aliphatic hydroxyl groups excluding tert-OH is 1. The summed E-state index contributed by atoms with van der Waals surface area (Å²) in [6, 6.07) is 7.88. The fourth-order valence-electron chi connectivity index (χ4n) is 4.45. The Morgan fingerprint density at radius 2 is 1.93 bits per heavy atom. The van der Waals surface area contributed by atoms with Gasteiger partial charge in [-0.1, -0.05) is 44.7 Å². The Bertz CT molecular complexity index is 726. The Labute approximate surface area is 169 Å². The predicted octanol–water partition coefficient (Wildman–Crippen LogP) is 5.35. The van der Waals surface area contributed by atoms with Gasteiger partial charge >= 0.3 is 0 Å².